The van der Waals surface area contributed by atoms with E-state index >= 15 is 0 Å². The van der Waals surface area contributed by atoms with Crippen LogP contribution in [0.2, 0.25) is 0 Å². The van der Waals surface area contributed by atoms with E-state index in [1.807, 2.05) is 0 Å². The fraction of sp³-hybridized carbons (Fsp3) is 0.550. The third-order valence-electron chi connectivity index (χ3n) is 9.40. The molecule has 26 heteroatoms. The zero-order valence-electron chi connectivity index (χ0n) is 37.1. The number of carboxylic acid groups (broad SMARTS) is 1. The minimum atomic E-state index is -1.71. The minimum Gasteiger partial charge on any atom is -0.480 e. The van der Waals surface area contributed by atoms with Crippen molar-refractivity contribution in [3.63, 3.8) is 0 Å². The highest BCUT2D eigenvalue weighted by Crippen LogP contribution is 2.10. The minimum absolute atomic E-state index is 0.0338. The molecular formula is C40H64N14O12. The summed E-state index contributed by atoms with van der Waals surface area (Å²) in [6.07, 6.45) is -1.71. The molecule has 66 heavy (non-hydrogen) atoms. The number of aliphatic imine (C=N–C) groups is 1. The number of aliphatic carboxylic acids is 1. The SMILES string of the molecule is CC(C)C[C@H](NC(=O)[C@H](Cc1ccccc1)NC(=O)[C@H](CC(N)=O)NC(=O)[C@H](C)NC(=O)[C@H](CCC(N)=O)NC(=O)[C@@H](N)CCCN=C(N)N)C(=O)NCC(=O)N[C@@H](CCC(N)=O)C(=O)O. The van der Waals surface area contributed by atoms with Crippen LogP contribution in [0.25, 0.3) is 0 Å². The van der Waals surface area contributed by atoms with Crippen LogP contribution < -0.4 is 71.6 Å². The molecule has 366 valence electrons. The Balaban J connectivity index is 3.24. The Hall–Kier alpha value is -7.38. The maximum atomic E-state index is 13.9. The first-order chi connectivity index (χ1) is 30.9. The molecule has 10 amide bonds. The van der Waals surface area contributed by atoms with E-state index in [0.29, 0.717) is 12.0 Å². The van der Waals surface area contributed by atoms with Gasteiger partial charge in [-0.25, -0.2) is 4.79 Å². The quantitative estimate of drug-likeness (QED) is 0.0187. The van der Waals surface area contributed by atoms with Crippen molar-refractivity contribution in [3.05, 3.63) is 35.9 Å². The van der Waals surface area contributed by atoms with E-state index in [2.05, 4.69) is 42.2 Å². The lowest BCUT2D eigenvalue weighted by molar-refractivity contribution is -0.142. The van der Waals surface area contributed by atoms with Crippen molar-refractivity contribution in [3.8, 4) is 0 Å². The molecule has 1 rings (SSSR count). The summed E-state index contributed by atoms with van der Waals surface area (Å²) >= 11 is 0. The fourth-order valence-corrected chi connectivity index (χ4v) is 5.96. The summed E-state index contributed by atoms with van der Waals surface area (Å²) in [5.74, 6) is -10.8. The van der Waals surface area contributed by atoms with E-state index in [9.17, 15) is 57.8 Å². The van der Waals surface area contributed by atoms with E-state index in [0.717, 1.165) is 0 Å². The first kappa shape index (κ1) is 56.6. The molecule has 0 radical (unpaired) electrons. The molecule has 0 aliphatic heterocycles. The Morgan fingerprint density at radius 2 is 1.12 bits per heavy atom. The third kappa shape index (κ3) is 23.3. The van der Waals surface area contributed by atoms with E-state index in [-0.39, 0.29) is 63.4 Å². The van der Waals surface area contributed by atoms with Gasteiger partial charge in [-0.3, -0.25) is 52.9 Å². The lowest BCUT2D eigenvalue weighted by Crippen LogP contribution is -2.60. The van der Waals surface area contributed by atoms with Crippen LogP contribution in [0.5, 0.6) is 0 Å². The summed E-state index contributed by atoms with van der Waals surface area (Å²) in [5.41, 5.74) is 32.8. The molecular weight excluding hydrogens is 869 g/mol. The monoisotopic (exact) mass is 932 g/mol. The largest absolute Gasteiger partial charge is 0.480 e. The highest BCUT2D eigenvalue weighted by atomic mass is 16.4. The highest BCUT2D eigenvalue weighted by molar-refractivity contribution is 5.98. The number of rotatable bonds is 31. The molecule has 0 bridgehead atoms. The first-order valence-electron chi connectivity index (χ1n) is 20.9. The molecule has 0 aromatic heterocycles. The predicted octanol–water partition coefficient (Wildman–Crippen LogP) is -5.81. The van der Waals surface area contributed by atoms with Gasteiger partial charge in [-0.15, -0.1) is 0 Å². The van der Waals surface area contributed by atoms with Crippen molar-refractivity contribution in [2.45, 2.75) is 121 Å². The second-order valence-electron chi connectivity index (χ2n) is 15.7. The first-order valence-corrected chi connectivity index (χ1v) is 20.9. The topological polar surface area (TPSA) is 461 Å². The zero-order valence-corrected chi connectivity index (χ0v) is 37.1. The van der Waals surface area contributed by atoms with Crippen LogP contribution >= 0.6 is 0 Å². The van der Waals surface area contributed by atoms with Gasteiger partial charge in [0.1, 0.15) is 36.3 Å². The highest BCUT2D eigenvalue weighted by Gasteiger charge is 2.33. The molecule has 0 saturated heterocycles. The molecule has 26 nitrogen and oxygen atoms in total. The lowest BCUT2D eigenvalue weighted by atomic mass is 10.0. The standard InChI is InChI=1S/C40H64N14O12/c1-20(2)16-26(35(61)48-19-32(58)50-25(39(65)66)12-14-30(43)56)53-37(63)27(17-22-8-5-4-6-9-22)54-38(64)28(18-31(44)57)52-33(59)21(3)49-36(62)24(11-13-29(42)55)51-34(60)23(41)10-7-15-47-40(45)46/h4-6,8-9,20-21,23-28H,7,10-19,41H2,1-3H3,(H2,42,55)(H2,43,56)(H2,44,57)(H,48,61)(H,49,62)(H,50,58)(H,51,60)(H,52,59)(H,53,63)(H,54,64)(H,65,66)(H4,45,46,47)/t21-,23-,24-,25-,26-,27-,28-/m0/s1. The molecule has 0 saturated carbocycles. The van der Waals surface area contributed by atoms with E-state index < -0.39 is 120 Å². The number of carbonyl (C=O) groups excluding carboxylic acids is 10. The summed E-state index contributed by atoms with van der Waals surface area (Å²) in [7, 11) is 0. The number of hydrogen-bond acceptors (Lipinski definition) is 13. The fourth-order valence-electron chi connectivity index (χ4n) is 5.96. The van der Waals surface area contributed by atoms with Gasteiger partial charge in [0.15, 0.2) is 5.96 Å². The summed E-state index contributed by atoms with van der Waals surface area (Å²) in [6, 6.07) is -1.56. The summed E-state index contributed by atoms with van der Waals surface area (Å²) < 4.78 is 0. The molecule has 1 aromatic carbocycles. The van der Waals surface area contributed by atoms with Crippen molar-refractivity contribution in [2.75, 3.05) is 13.1 Å². The second kappa shape index (κ2) is 29.1. The van der Waals surface area contributed by atoms with Gasteiger partial charge in [0.05, 0.1) is 19.0 Å². The number of carbonyl (C=O) groups is 11. The molecule has 0 aliphatic carbocycles. The van der Waals surface area contributed by atoms with Crippen LogP contribution in [0.3, 0.4) is 0 Å². The van der Waals surface area contributed by atoms with Gasteiger partial charge in [0.25, 0.3) is 0 Å². The number of nitrogens with one attached hydrogen (secondary N) is 7. The molecule has 20 N–H and O–H groups in total. The molecule has 0 fully saturated rings. The number of nitrogens with zero attached hydrogens (tertiary/aromatic N) is 1. The van der Waals surface area contributed by atoms with Crippen molar-refractivity contribution in [1.29, 1.82) is 0 Å². The number of nitrogens with two attached hydrogens (primary N) is 6. The maximum absolute atomic E-state index is 13.9. The zero-order chi connectivity index (χ0) is 50.1. The van der Waals surface area contributed by atoms with E-state index in [1.54, 1.807) is 44.2 Å². The number of carboxylic acids is 1. The Morgan fingerprint density at radius 1 is 0.591 bits per heavy atom. The Kier molecular flexibility index (Phi) is 25.0. The summed E-state index contributed by atoms with van der Waals surface area (Å²) in [6.45, 7) is 4.18. The van der Waals surface area contributed by atoms with Crippen LogP contribution in [0.4, 0.5) is 0 Å². The predicted molar refractivity (Wildman–Crippen MR) is 236 cm³/mol. The van der Waals surface area contributed by atoms with E-state index in [1.165, 1.54) is 6.92 Å². The number of hydrogen-bond donors (Lipinski definition) is 14. The summed E-state index contributed by atoms with van der Waals surface area (Å²) in [4.78, 5) is 143. The Bertz CT molecular complexity index is 1910. The molecule has 0 heterocycles. The van der Waals surface area contributed by atoms with Crippen LogP contribution in [-0.2, 0) is 59.2 Å². The van der Waals surface area contributed by atoms with Gasteiger partial charge >= 0.3 is 5.97 Å². The van der Waals surface area contributed by atoms with Crippen LogP contribution in [-0.4, -0.2) is 131 Å². The number of guanidine groups is 1. The van der Waals surface area contributed by atoms with Crippen LogP contribution in [0.1, 0.15) is 77.7 Å². The molecule has 0 unspecified atom stereocenters. The van der Waals surface area contributed by atoms with Gasteiger partial charge < -0.3 is 76.7 Å². The van der Waals surface area contributed by atoms with Crippen LogP contribution in [0, 0.1) is 5.92 Å². The lowest BCUT2D eigenvalue weighted by Gasteiger charge is -2.27. The third-order valence-corrected chi connectivity index (χ3v) is 9.40. The van der Waals surface area contributed by atoms with Gasteiger partial charge in [0, 0.05) is 25.8 Å². The van der Waals surface area contributed by atoms with Crippen molar-refractivity contribution in [2.24, 2.45) is 45.3 Å². The number of primary amides is 3. The van der Waals surface area contributed by atoms with Crippen LogP contribution in [0.15, 0.2) is 35.3 Å². The maximum Gasteiger partial charge on any atom is 0.326 e. The van der Waals surface area contributed by atoms with Crippen molar-refractivity contribution < 1.29 is 57.8 Å². The smallest absolute Gasteiger partial charge is 0.326 e. The Labute approximate surface area is 380 Å². The molecule has 0 spiro atoms. The Morgan fingerprint density at radius 3 is 1.67 bits per heavy atom. The molecule has 0 aliphatic rings. The van der Waals surface area contributed by atoms with Gasteiger partial charge in [-0.05, 0) is 50.5 Å². The van der Waals surface area contributed by atoms with Gasteiger partial charge in [-0.2, -0.15) is 0 Å². The molecule has 7 atom stereocenters. The average Bonchev–Trinajstić information content (AvgIpc) is 3.22. The second-order valence-corrected chi connectivity index (χ2v) is 15.7. The van der Waals surface area contributed by atoms with Crippen molar-refractivity contribution >= 4 is 71.0 Å². The van der Waals surface area contributed by atoms with E-state index in [4.69, 9.17) is 34.4 Å². The van der Waals surface area contributed by atoms with Gasteiger partial charge in [-0.1, -0.05) is 44.2 Å². The summed E-state index contributed by atoms with van der Waals surface area (Å²) in [5, 5.41) is 26.1. The van der Waals surface area contributed by atoms with Crippen molar-refractivity contribution in [1.82, 2.24) is 37.2 Å². The number of amides is 10. The average molecular weight is 933 g/mol. The normalized spacial score (nSPS) is 14.0. The van der Waals surface area contributed by atoms with Gasteiger partial charge in [0.2, 0.25) is 59.1 Å². The number of benzene rings is 1. The molecule has 1 aromatic rings.